The predicted molar refractivity (Wildman–Crippen MR) is 111 cm³/mol. The number of rotatable bonds is 4. The Morgan fingerprint density at radius 2 is 1.96 bits per heavy atom. The molecule has 3 heterocycles. The molecule has 4 rings (SSSR count). The van der Waals surface area contributed by atoms with Gasteiger partial charge in [0.05, 0.1) is 0 Å². The number of carbonyl (C=O) groups excluding carboxylic acids is 1. The van der Waals surface area contributed by atoms with Crippen molar-refractivity contribution in [1.82, 2.24) is 20.6 Å². The van der Waals surface area contributed by atoms with Crippen LogP contribution in [0.5, 0.6) is 0 Å². The Balaban J connectivity index is 1.59. The highest BCUT2D eigenvalue weighted by Gasteiger charge is 2.19. The smallest absolute Gasteiger partial charge is 0.229 e. The third-order valence-corrected chi connectivity index (χ3v) is 5.39. The minimum Gasteiger partial charge on any atom is -0.354 e. The summed E-state index contributed by atoms with van der Waals surface area (Å²) in [6.07, 6.45) is 3.28. The summed E-state index contributed by atoms with van der Waals surface area (Å²) in [5.41, 5.74) is 4.49. The standard InChI is InChI=1S/C21H28N6O/c1-14(2)18-13-24-21(26-20(18)27-9-7-22-8-10-27)25-17-5-3-15-4-6-19(28)23-12-16(15)11-17/h3,5,11,13-14,22H,4,6-10,12H2,1-2H3,(H,23,28)(H,24,25,26). The summed E-state index contributed by atoms with van der Waals surface area (Å²) in [6.45, 7) is 8.78. The maximum atomic E-state index is 11.6. The van der Waals surface area contributed by atoms with Gasteiger partial charge in [-0.3, -0.25) is 4.79 Å². The maximum Gasteiger partial charge on any atom is 0.229 e. The third kappa shape index (κ3) is 4.09. The number of fused-ring (bicyclic) bond motifs is 1. The van der Waals surface area contributed by atoms with Crippen LogP contribution in [-0.4, -0.2) is 42.1 Å². The van der Waals surface area contributed by atoms with Crippen LogP contribution in [0.1, 0.15) is 42.9 Å². The van der Waals surface area contributed by atoms with E-state index in [4.69, 9.17) is 4.98 Å². The molecular weight excluding hydrogens is 352 g/mol. The van der Waals surface area contributed by atoms with Crippen molar-refractivity contribution in [1.29, 1.82) is 0 Å². The van der Waals surface area contributed by atoms with E-state index in [1.165, 1.54) is 11.1 Å². The first-order chi connectivity index (χ1) is 13.6. The van der Waals surface area contributed by atoms with Crippen molar-refractivity contribution >= 4 is 23.4 Å². The molecule has 2 aliphatic heterocycles. The van der Waals surface area contributed by atoms with Crippen molar-refractivity contribution in [2.75, 3.05) is 36.4 Å². The molecule has 7 nitrogen and oxygen atoms in total. The molecular formula is C21H28N6O. The molecule has 2 aromatic rings. The van der Waals surface area contributed by atoms with E-state index in [9.17, 15) is 4.79 Å². The summed E-state index contributed by atoms with van der Waals surface area (Å²) >= 11 is 0. The van der Waals surface area contributed by atoms with Crippen LogP contribution in [-0.2, 0) is 17.8 Å². The summed E-state index contributed by atoms with van der Waals surface area (Å²) in [6, 6.07) is 6.22. The molecule has 0 saturated carbocycles. The van der Waals surface area contributed by atoms with E-state index in [0.717, 1.165) is 49.7 Å². The molecule has 3 N–H and O–H groups in total. The lowest BCUT2D eigenvalue weighted by molar-refractivity contribution is -0.121. The summed E-state index contributed by atoms with van der Waals surface area (Å²) in [7, 11) is 0. The fourth-order valence-corrected chi connectivity index (χ4v) is 3.75. The van der Waals surface area contributed by atoms with Gasteiger partial charge < -0.3 is 20.9 Å². The highest BCUT2D eigenvalue weighted by atomic mass is 16.1. The minimum atomic E-state index is 0.110. The number of nitrogens with one attached hydrogen (secondary N) is 3. The van der Waals surface area contributed by atoms with Crippen molar-refractivity contribution < 1.29 is 4.79 Å². The molecule has 148 valence electrons. The number of aromatic nitrogens is 2. The average Bonchev–Trinajstić information content (AvgIpc) is 2.90. The van der Waals surface area contributed by atoms with Crippen LogP contribution >= 0.6 is 0 Å². The second-order valence-corrected chi connectivity index (χ2v) is 7.75. The molecule has 1 fully saturated rings. The van der Waals surface area contributed by atoms with E-state index in [-0.39, 0.29) is 5.91 Å². The van der Waals surface area contributed by atoms with Gasteiger partial charge in [0.1, 0.15) is 5.82 Å². The summed E-state index contributed by atoms with van der Waals surface area (Å²) in [5, 5.41) is 9.70. The second-order valence-electron chi connectivity index (χ2n) is 7.75. The molecule has 2 aliphatic rings. The number of hydrogen-bond donors (Lipinski definition) is 3. The van der Waals surface area contributed by atoms with E-state index in [1.807, 2.05) is 12.3 Å². The van der Waals surface area contributed by atoms with Crippen LogP contribution in [0, 0.1) is 0 Å². The van der Waals surface area contributed by atoms with E-state index in [1.54, 1.807) is 0 Å². The lowest BCUT2D eigenvalue weighted by atomic mass is 10.0. The summed E-state index contributed by atoms with van der Waals surface area (Å²) < 4.78 is 0. The van der Waals surface area contributed by atoms with Gasteiger partial charge in [-0.2, -0.15) is 4.98 Å². The van der Waals surface area contributed by atoms with Crippen molar-refractivity contribution in [3.63, 3.8) is 0 Å². The predicted octanol–water partition coefficient (Wildman–Crippen LogP) is 2.32. The second kappa shape index (κ2) is 8.14. The van der Waals surface area contributed by atoms with Crippen LogP contribution in [0.25, 0.3) is 0 Å². The van der Waals surface area contributed by atoms with Crippen LogP contribution in [0.2, 0.25) is 0 Å². The molecule has 1 aromatic heterocycles. The number of anilines is 3. The van der Waals surface area contributed by atoms with Crippen LogP contribution in [0.3, 0.4) is 0 Å². The number of carbonyl (C=O) groups is 1. The third-order valence-electron chi connectivity index (χ3n) is 5.39. The number of amides is 1. The lowest BCUT2D eigenvalue weighted by Crippen LogP contribution is -2.44. The van der Waals surface area contributed by atoms with Gasteiger partial charge in [0, 0.05) is 56.6 Å². The van der Waals surface area contributed by atoms with Gasteiger partial charge in [0.25, 0.3) is 0 Å². The Hall–Kier alpha value is -2.67. The summed E-state index contributed by atoms with van der Waals surface area (Å²) in [5.74, 6) is 2.11. The van der Waals surface area contributed by atoms with Crippen molar-refractivity contribution in [3.8, 4) is 0 Å². The van der Waals surface area contributed by atoms with Gasteiger partial charge in [-0.05, 0) is 35.6 Å². The first-order valence-electron chi connectivity index (χ1n) is 10.1. The zero-order chi connectivity index (χ0) is 19.5. The average molecular weight is 380 g/mol. The molecule has 0 radical (unpaired) electrons. The van der Waals surface area contributed by atoms with Crippen LogP contribution in [0.4, 0.5) is 17.5 Å². The van der Waals surface area contributed by atoms with E-state index < -0.39 is 0 Å². The maximum absolute atomic E-state index is 11.6. The van der Waals surface area contributed by atoms with Crippen molar-refractivity contribution in [2.45, 2.75) is 39.2 Å². The molecule has 1 amide bonds. The summed E-state index contributed by atoms with van der Waals surface area (Å²) in [4.78, 5) is 23.4. The molecule has 1 saturated heterocycles. The molecule has 28 heavy (non-hydrogen) atoms. The van der Waals surface area contributed by atoms with Crippen molar-refractivity contribution in [2.24, 2.45) is 0 Å². The Morgan fingerprint density at radius 1 is 1.14 bits per heavy atom. The number of piperazine rings is 1. The fraction of sp³-hybridized carbons (Fsp3) is 0.476. The molecule has 7 heteroatoms. The van der Waals surface area contributed by atoms with Gasteiger partial charge >= 0.3 is 0 Å². The normalized spacial score (nSPS) is 17.1. The van der Waals surface area contributed by atoms with E-state index >= 15 is 0 Å². The monoisotopic (exact) mass is 380 g/mol. The van der Waals surface area contributed by atoms with Gasteiger partial charge in [-0.25, -0.2) is 4.98 Å². The zero-order valence-corrected chi connectivity index (χ0v) is 16.6. The molecule has 1 aromatic carbocycles. The topological polar surface area (TPSA) is 82.2 Å². The van der Waals surface area contributed by atoms with Crippen LogP contribution < -0.4 is 20.9 Å². The molecule has 0 atom stereocenters. The van der Waals surface area contributed by atoms with Crippen LogP contribution in [0.15, 0.2) is 24.4 Å². The van der Waals surface area contributed by atoms with Gasteiger partial charge in [0.2, 0.25) is 11.9 Å². The minimum absolute atomic E-state index is 0.110. The Labute approximate surface area is 166 Å². The Kier molecular flexibility index (Phi) is 5.43. The largest absolute Gasteiger partial charge is 0.354 e. The lowest BCUT2D eigenvalue weighted by Gasteiger charge is -2.30. The van der Waals surface area contributed by atoms with E-state index in [0.29, 0.717) is 24.8 Å². The SMILES string of the molecule is CC(C)c1cnc(Nc2ccc3c(c2)CNC(=O)CC3)nc1N1CCNCC1. The van der Waals surface area contributed by atoms with E-state index in [2.05, 4.69) is 51.8 Å². The molecule has 0 spiro atoms. The fourth-order valence-electron chi connectivity index (χ4n) is 3.75. The zero-order valence-electron chi connectivity index (χ0n) is 16.6. The number of nitrogens with zero attached hydrogens (tertiary/aromatic N) is 3. The van der Waals surface area contributed by atoms with Gasteiger partial charge in [0.15, 0.2) is 0 Å². The highest BCUT2D eigenvalue weighted by molar-refractivity contribution is 5.77. The number of hydrogen-bond acceptors (Lipinski definition) is 6. The molecule has 0 bridgehead atoms. The molecule has 0 aliphatic carbocycles. The van der Waals surface area contributed by atoms with Crippen molar-refractivity contribution in [3.05, 3.63) is 41.1 Å². The van der Waals surface area contributed by atoms with Gasteiger partial charge in [-0.15, -0.1) is 0 Å². The van der Waals surface area contributed by atoms with Gasteiger partial charge in [-0.1, -0.05) is 19.9 Å². The highest BCUT2D eigenvalue weighted by Crippen LogP contribution is 2.28. The molecule has 0 unspecified atom stereocenters. The quantitative estimate of drug-likeness (QED) is 0.755. The first kappa shape index (κ1) is 18.7. The first-order valence-corrected chi connectivity index (χ1v) is 10.1. The number of benzene rings is 1. The number of aryl methyl sites for hydroxylation is 1. The Morgan fingerprint density at radius 3 is 2.75 bits per heavy atom. The Bertz CT molecular complexity index is 860.